The monoisotopic (exact) mass is 230 g/mol. The molecule has 1 aromatic carbocycles. The van der Waals surface area contributed by atoms with Gasteiger partial charge in [0.25, 0.3) is 0 Å². The quantitative estimate of drug-likeness (QED) is 0.565. The van der Waals surface area contributed by atoms with Crippen molar-refractivity contribution in [1.82, 2.24) is 0 Å². The number of benzene rings is 1. The zero-order valence-corrected chi connectivity index (χ0v) is 8.75. The predicted molar refractivity (Wildman–Crippen MR) is 48.8 cm³/mol. The van der Waals surface area contributed by atoms with E-state index in [4.69, 9.17) is 3.82 Å². The van der Waals surface area contributed by atoms with Gasteiger partial charge in [0.15, 0.2) is 0 Å². The van der Waals surface area contributed by atoms with Crippen molar-refractivity contribution in [3.05, 3.63) is 29.8 Å². The second-order valence-corrected chi connectivity index (χ2v) is 4.37. The van der Waals surface area contributed by atoms with E-state index in [9.17, 15) is 4.79 Å². The molecule has 0 saturated heterocycles. The van der Waals surface area contributed by atoms with Crippen LogP contribution in [0.25, 0.3) is 0 Å². The molecule has 0 amide bonds. The van der Waals surface area contributed by atoms with E-state index < -0.39 is 0 Å². The van der Waals surface area contributed by atoms with Crippen LogP contribution in [0.1, 0.15) is 17.3 Å². The summed E-state index contributed by atoms with van der Waals surface area (Å²) < 4.78 is 6.15. The van der Waals surface area contributed by atoms with Crippen molar-refractivity contribution in [1.29, 1.82) is 0 Å². The molecule has 0 spiro atoms. The van der Waals surface area contributed by atoms with Crippen LogP contribution in [0.5, 0.6) is 0 Å². The van der Waals surface area contributed by atoms with Crippen LogP contribution in [0.2, 0.25) is 0 Å². The van der Waals surface area contributed by atoms with Gasteiger partial charge in [0, 0.05) is 0 Å². The maximum absolute atomic E-state index is 10.9. The Morgan fingerprint density at radius 3 is 2.33 bits per heavy atom. The summed E-state index contributed by atoms with van der Waals surface area (Å²) in [6.45, 7) is 1.57. The van der Waals surface area contributed by atoms with Crippen molar-refractivity contribution >= 4 is 25.5 Å². The predicted octanol–water partition coefficient (Wildman–Crippen LogP) is 0.780. The fourth-order valence-electron chi connectivity index (χ4n) is 0.841. The third-order valence-corrected chi connectivity index (χ3v) is 2.76. The van der Waals surface area contributed by atoms with Crippen LogP contribution in [-0.4, -0.2) is 28.2 Å². The van der Waals surface area contributed by atoms with Crippen LogP contribution in [0.3, 0.4) is 0 Å². The van der Waals surface area contributed by atoms with Gasteiger partial charge >= 0.3 is 78.0 Å². The van der Waals surface area contributed by atoms with Crippen LogP contribution in [-0.2, 0) is 3.82 Å². The molecule has 0 aliphatic heterocycles. The topological polar surface area (TPSA) is 26.3 Å². The van der Waals surface area contributed by atoms with Gasteiger partial charge in [0.2, 0.25) is 0 Å². The third kappa shape index (κ3) is 2.45. The number of rotatable bonds is 3. The molecule has 3 heteroatoms. The molecular weight excluding hydrogens is 219 g/mol. The zero-order valence-electron chi connectivity index (χ0n) is 7.03. The van der Waals surface area contributed by atoms with E-state index >= 15 is 0 Å². The van der Waals surface area contributed by atoms with Crippen molar-refractivity contribution in [3.8, 4) is 0 Å². The number of ketones is 1. The molecule has 0 N–H and O–H groups in total. The molecule has 0 fully saturated rings. The second-order valence-electron chi connectivity index (χ2n) is 2.33. The molecule has 0 atom stereocenters. The van der Waals surface area contributed by atoms with Gasteiger partial charge in [0.05, 0.1) is 0 Å². The van der Waals surface area contributed by atoms with Crippen molar-refractivity contribution in [3.63, 3.8) is 0 Å². The van der Waals surface area contributed by atoms with E-state index in [-0.39, 0.29) is 21.1 Å². The summed E-state index contributed by atoms with van der Waals surface area (Å²) in [5, 5.41) is 0. The number of carbonyl (C=O) groups is 1. The average Bonchev–Trinajstić information content (AvgIpc) is 2.06. The van der Waals surface area contributed by atoms with Gasteiger partial charge in [0.1, 0.15) is 0 Å². The van der Waals surface area contributed by atoms with E-state index in [0.29, 0.717) is 0 Å². The van der Waals surface area contributed by atoms with Crippen LogP contribution < -0.4 is 4.46 Å². The van der Waals surface area contributed by atoms with Gasteiger partial charge in [-0.05, 0) is 0 Å². The molecule has 0 radical (unpaired) electrons. The summed E-state index contributed by atoms with van der Waals surface area (Å²) in [4.78, 5) is 10.9. The van der Waals surface area contributed by atoms with E-state index in [1.807, 2.05) is 24.3 Å². The molecular formula is C9H10O2Se. The SMILES string of the molecule is CO[Se]c1ccc(C(C)=O)cc1. The molecule has 64 valence electrons. The summed E-state index contributed by atoms with van der Waals surface area (Å²) >= 11 is 0.0787. The van der Waals surface area contributed by atoms with Gasteiger partial charge in [-0.25, -0.2) is 0 Å². The van der Waals surface area contributed by atoms with E-state index in [2.05, 4.69) is 0 Å². The average molecular weight is 229 g/mol. The summed E-state index contributed by atoms with van der Waals surface area (Å²) in [6.07, 6.45) is 0. The van der Waals surface area contributed by atoms with Crippen molar-refractivity contribution in [2.75, 3.05) is 7.11 Å². The molecule has 0 heterocycles. The molecule has 0 aliphatic carbocycles. The first-order valence-corrected chi connectivity index (χ1v) is 5.11. The molecule has 0 bridgehead atoms. The number of hydrogen-bond acceptors (Lipinski definition) is 2. The fraction of sp³-hybridized carbons (Fsp3) is 0.222. The van der Waals surface area contributed by atoms with Crippen LogP contribution >= 0.6 is 0 Å². The second kappa shape index (κ2) is 4.41. The number of hydrogen-bond donors (Lipinski definition) is 0. The van der Waals surface area contributed by atoms with Crippen LogP contribution in [0.15, 0.2) is 24.3 Å². The Labute approximate surface area is 78.4 Å². The normalized spacial score (nSPS) is 9.83. The molecule has 0 aromatic heterocycles. The van der Waals surface area contributed by atoms with E-state index in [0.717, 1.165) is 10.0 Å². The Balaban J connectivity index is 2.78. The molecule has 1 rings (SSSR count). The Bertz CT molecular complexity index is 266. The summed E-state index contributed by atoms with van der Waals surface area (Å²) in [5.41, 5.74) is 0.755. The number of Topliss-reactive ketones (excluding diaryl/α,β-unsaturated/α-hetero) is 1. The molecule has 12 heavy (non-hydrogen) atoms. The van der Waals surface area contributed by atoms with Gasteiger partial charge in [-0.1, -0.05) is 0 Å². The molecule has 0 saturated carbocycles. The van der Waals surface area contributed by atoms with Crippen LogP contribution in [0, 0.1) is 0 Å². The standard InChI is InChI=1S/C9H10O2Se/c1-7(10)8-3-5-9(6-4-8)12-11-2/h3-6H,1-2H3. The fourth-order valence-corrected chi connectivity index (χ4v) is 1.76. The van der Waals surface area contributed by atoms with Gasteiger partial charge < -0.3 is 0 Å². The maximum atomic E-state index is 10.9. The molecule has 0 aliphatic rings. The van der Waals surface area contributed by atoms with Crippen molar-refractivity contribution < 1.29 is 8.61 Å². The first-order chi connectivity index (χ1) is 5.74. The minimum absolute atomic E-state index is 0.0787. The summed E-state index contributed by atoms with van der Waals surface area (Å²) in [7, 11) is 1.68. The zero-order chi connectivity index (χ0) is 8.97. The van der Waals surface area contributed by atoms with Gasteiger partial charge in [-0.2, -0.15) is 0 Å². The first-order valence-electron chi connectivity index (χ1n) is 3.55. The van der Waals surface area contributed by atoms with Gasteiger partial charge in [-0.15, -0.1) is 0 Å². The Kier molecular flexibility index (Phi) is 3.47. The Morgan fingerprint density at radius 1 is 1.33 bits per heavy atom. The Hall–Kier alpha value is -0.631. The van der Waals surface area contributed by atoms with Gasteiger partial charge in [-0.3, -0.25) is 0 Å². The van der Waals surface area contributed by atoms with Crippen molar-refractivity contribution in [2.45, 2.75) is 6.92 Å². The van der Waals surface area contributed by atoms with Crippen LogP contribution in [0.4, 0.5) is 0 Å². The third-order valence-electron chi connectivity index (χ3n) is 1.44. The summed E-state index contributed by atoms with van der Waals surface area (Å²) in [5.74, 6) is 0.103. The minimum atomic E-state index is 0.0787. The number of carbonyl (C=O) groups excluding carboxylic acids is 1. The molecule has 1 aromatic rings. The Morgan fingerprint density at radius 2 is 1.92 bits per heavy atom. The van der Waals surface area contributed by atoms with E-state index in [1.54, 1.807) is 14.0 Å². The molecule has 2 nitrogen and oxygen atoms in total. The summed E-state index contributed by atoms with van der Waals surface area (Å²) in [6, 6.07) is 7.53. The molecule has 0 unspecified atom stereocenters. The van der Waals surface area contributed by atoms with E-state index in [1.165, 1.54) is 0 Å². The van der Waals surface area contributed by atoms with Crippen molar-refractivity contribution in [2.24, 2.45) is 0 Å². The first kappa shape index (κ1) is 9.46.